The first kappa shape index (κ1) is 32.3. The average molecular weight is 654 g/mol. The third-order valence-electron chi connectivity index (χ3n) is 6.06. The smallest absolute Gasteiger partial charge is 0.259 e. The number of ether oxygens (including phenoxy) is 5. The lowest BCUT2D eigenvalue weighted by atomic mass is 10.1. The van der Waals surface area contributed by atoms with E-state index < -0.39 is 0 Å². The summed E-state index contributed by atoms with van der Waals surface area (Å²) in [6.45, 7) is 4.91. The summed E-state index contributed by atoms with van der Waals surface area (Å²) in [5.74, 6) is 0.418. The highest BCUT2D eigenvalue weighted by atomic mass is 79.9. The lowest BCUT2D eigenvalue weighted by Gasteiger charge is -2.10. The van der Waals surface area contributed by atoms with Gasteiger partial charge in [-0.2, -0.15) is 5.10 Å². The van der Waals surface area contributed by atoms with E-state index in [1.54, 1.807) is 23.0 Å². The van der Waals surface area contributed by atoms with E-state index in [1.165, 1.54) is 0 Å². The number of carbonyl (C=O) groups excluding carboxylic acids is 1. The van der Waals surface area contributed by atoms with Gasteiger partial charge in [-0.1, -0.05) is 46.3 Å². The summed E-state index contributed by atoms with van der Waals surface area (Å²) >= 11 is 3.51. The fourth-order valence-corrected chi connectivity index (χ4v) is 4.40. The molecule has 0 atom stereocenters. The zero-order chi connectivity index (χ0) is 30.1. The van der Waals surface area contributed by atoms with Crippen LogP contribution in [0.5, 0.6) is 5.75 Å². The monoisotopic (exact) mass is 652 g/mol. The van der Waals surface area contributed by atoms with E-state index >= 15 is 0 Å². The largest absolute Gasteiger partial charge is 0.491 e. The zero-order valence-corrected chi connectivity index (χ0v) is 25.5. The number of aromatic nitrogens is 2. The van der Waals surface area contributed by atoms with Crippen LogP contribution in [0.3, 0.4) is 0 Å². The second kappa shape index (κ2) is 18.2. The molecule has 0 aliphatic heterocycles. The molecule has 3 aromatic carbocycles. The summed E-state index contributed by atoms with van der Waals surface area (Å²) < 4.78 is 30.0. The van der Waals surface area contributed by atoms with Crippen molar-refractivity contribution in [3.05, 3.63) is 95.1 Å². The molecule has 0 saturated heterocycles. The third kappa shape index (κ3) is 10.9. The maximum atomic E-state index is 13.4. The Hall–Kier alpha value is -3.58. The zero-order valence-electron chi connectivity index (χ0n) is 24.0. The Morgan fingerprint density at radius 3 is 2.02 bits per heavy atom. The Morgan fingerprint density at radius 2 is 1.40 bits per heavy atom. The molecule has 0 spiro atoms. The van der Waals surface area contributed by atoms with Gasteiger partial charge >= 0.3 is 0 Å². The summed E-state index contributed by atoms with van der Waals surface area (Å²) in [5.41, 5.74) is 8.74. The molecule has 0 unspecified atom stereocenters. The predicted molar refractivity (Wildman–Crippen MR) is 169 cm³/mol. The number of para-hydroxylation sites is 1. The van der Waals surface area contributed by atoms with Crippen LogP contribution in [0.1, 0.15) is 10.4 Å². The number of nitrogens with two attached hydrogens (primary N) is 1. The Morgan fingerprint density at radius 1 is 0.767 bits per heavy atom. The normalized spacial score (nSPS) is 11.0. The predicted octanol–water partition coefficient (Wildman–Crippen LogP) is 4.96. The topological polar surface area (TPSA) is 119 Å². The van der Waals surface area contributed by atoms with Crippen molar-refractivity contribution in [1.82, 2.24) is 9.78 Å². The van der Waals surface area contributed by atoms with Crippen molar-refractivity contribution in [2.75, 3.05) is 71.3 Å². The molecular formula is C32H37BrN4O6. The SMILES string of the molecule is NCCOCCOCCOCCOCCOc1ccc(NC(=O)c2cn(-c3ccccc3)nc2-c2cccc(Br)c2)cc1. The molecule has 228 valence electrons. The molecular weight excluding hydrogens is 616 g/mol. The van der Waals surface area contributed by atoms with Gasteiger partial charge in [0.2, 0.25) is 0 Å². The number of nitrogens with one attached hydrogen (secondary N) is 1. The molecule has 0 aliphatic carbocycles. The molecule has 1 amide bonds. The van der Waals surface area contributed by atoms with Crippen LogP contribution in [0.4, 0.5) is 5.69 Å². The molecule has 10 nitrogen and oxygen atoms in total. The first-order valence-corrected chi connectivity index (χ1v) is 14.9. The van der Waals surface area contributed by atoms with Gasteiger partial charge in [0.1, 0.15) is 18.1 Å². The standard InChI is InChI=1S/C32H37BrN4O6/c33-26-6-4-5-25(23-26)31-30(24-37(36-31)28-7-2-1-3-8-28)32(38)35-27-9-11-29(12-10-27)43-22-21-42-20-19-41-18-17-40-16-15-39-14-13-34/h1-12,23-24H,13-22,34H2,(H,35,38). The Labute approximate surface area is 260 Å². The van der Waals surface area contributed by atoms with E-state index in [2.05, 4.69) is 21.2 Å². The number of hydrogen-bond acceptors (Lipinski definition) is 8. The summed E-state index contributed by atoms with van der Waals surface area (Å²) in [7, 11) is 0. The molecule has 1 aromatic heterocycles. The lowest BCUT2D eigenvalue weighted by Crippen LogP contribution is -2.15. The van der Waals surface area contributed by atoms with Crippen LogP contribution in [-0.4, -0.2) is 81.7 Å². The molecule has 1 heterocycles. The Bertz CT molecular complexity index is 1380. The van der Waals surface area contributed by atoms with Crippen LogP contribution in [-0.2, 0) is 18.9 Å². The summed E-state index contributed by atoms with van der Waals surface area (Å²) in [6, 6.07) is 24.6. The van der Waals surface area contributed by atoms with E-state index in [-0.39, 0.29) is 5.91 Å². The first-order chi connectivity index (χ1) is 21.1. The molecule has 0 fully saturated rings. The van der Waals surface area contributed by atoms with Crippen molar-refractivity contribution in [1.29, 1.82) is 0 Å². The Kier molecular flexibility index (Phi) is 13.7. The number of nitrogens with zero attached hydrogens (tertiary/aromatic N) is 2. The van der Waals surface area contributed by atoms with Crippen molar-refractivity contribution < 1.29 is 28.5 Å². The number of benzene rings is 3. The van der Waals surface area contributed by atoms with E-state index in [1.807, 2.05) is 66.7 Å². The summed E-state index contributed by atoms with van der Waals surface area (Å²) in [6.07, 6.45) is 1.75. The van der Waals surface area contributed by atoms with Crippen molar-refractivity contribution in [2.45, 2.75) is 0 Å². The summed E-state index contributed by atoms with van der Waals surface area (Å²) in [5, 5.41) is 7.72. The average Bonchev–Trinajstić information content (AvgIpc) is 3.49. The van der Waals surface area contributed by atoms with Gasteiger partial charge in [-0.25, -0.2) is 4.68 Å². The van der Waals surface area contributed by atoms with Gasteiger partial charge in [0.05, 0.1) is 64.1 Å². The van der Waals surface area contributed by atoms with Gasteiger partial charge < -0.3 is 34.7 Å². The number of halogens is 1. The maximum absolute atomic E-state index is 13.4. The first-order valence-electron chi connectivity index (χ1n) is 14.1. The highest BCUT2D eigenvalue weighted by Gasteiger charge is 2.19. The van der Waals surface area contributed by atoms with Crippen LogP contribution in [0, 0.1) is 0 Å². The number of hydrogen-bond donors (Lipinski definition) is 2. The molecule has 11 heteroatoms. The van der Waals surface area contributed by atoms with Crippen LogP contribution < -0.4 is 15.8 Å². The molecule has 0 bridgehead atoms. The minimum atomic E-state index is -0.260. The molecule has 43 heavy (non-hydrogen) atoms. The van der Waals surface area contributed by atoms with E-state index in [0.29, 0.717) is 88.7 Å². The van der Waals surface area contributed by atoms with E-state index in [4.69, 9.17) is 34.5 Å². The molecule has 0 radical (unpaired) electrons. The van der Waals surface area contributed by atoms with Gasteiger partial charge in [0.15, 0.2) is 0 Å². The number of rotatable bonds is 19. The molecule has 0 aliphatic rings. The Balaban J connectivity index is 1.20. The van der Waals surface area contributed by atoms with Crippen LogP contribution in [0.25, 0.3) is 16.9 Å². The second-order valence-corrected chi connectivity index (χ2v) is 10.2. The van der Waals surface area contributed by atoms with Crippen LogP contribution in [0.2, 0.25) is 0 Å². The van der Waals surface area contributed by atoms with Gasteiger partial charge in [0.25, 0.3) is 5.91 Å². The van der Waals surface area contributed by atoms with Crippen molar-refractivity contribution in [3.8, 4) is 22.7 Å². The maximum Gasteiger partial charge on any atom is 0.259 e. The minimum Gasteiger partial charge on any atom is -0.491 e. The van der Waals surface area contributed by atoms with Crippen molar-refractivity contribution in [2.24, 2.45) is 5.73 Å². The van der Waals surface area contributed by atoms with Crippen molar-refractivity contribution in [3.63, 3.8) is 0 Å². The van der Waals surface area contributed by atoms with Gasteiger partial charge in [-0.3, -0.25) is 4.79 Å². The van der Waals surface area contributed by atoms with E-state index in [9.17, 15) is 4.79 Å². The number of amides is 1. The molecule has 0 saturated carbocycles. The highest BCUT2D eigenvalue weighted by Crippen LogP contribution is 2.27. The van der Waals surface area contributed by atoms with Crippen molar-refractivity contribution >= 4 is 27.5 Å². The quantitative estimate of drug-likeness (QED) is 0.137. The lowest BCUT2D eigenvalue weighted by molar-refractivity contribution is -0.00386. The fourth-order valence-electron chi connectivity index (χ4n) is 4.00. The third-order valence-corrected chi connectivity index (χ3v) is 6.56. The second-order valence-electron chi connectivity index (χ2n) is 9.25. The van der Waals surface area contributed by atoms with Gasteiger partial charge in [0, 0.05) is 28.5 Å². The minimum absolute atomic E-state index is 0.260. The van der Waals surface area contributed by atoms with Gasteiger partial charge in [-0.15, -0.1) is 0 Å². The number of anilines is 1. The van der Waals surface area contributed by atoms with Crippen LogP contribution in [0.15, 0.2) is 89.5 Å². The van der Waals surface area contributed by atoms with Crippen LogP contribution >= 0.6 is 15.9 Å². The van der Waals surface area contributed by atoms with E-state index in [0.717, 1.165) is 15.7 Å². The fraction of sp³-hybridized carbons (Fsp3) is 0.312. The highest BCUT2D eigenvalue weighted by molar-refractivity contribution is 9.10. The molecule has 3 N–H and O–H groups in total. The van der Waals surface area contributed by atoms with Gasteiger partial charge in [-0.05, 0) is 48.5 Å². The summed E-state index contributed by atoms with van der Waals surface area (Å²) in [4.78, 5) is 13.4. The molecule has 4 rings (SSSR count). The number of carbonyl (C=O) groups is 1. The molecule has 4 aromatic rings.